The summed E-state index contributed by atoms with van der Waals surface area (Å²) in [7, 11) is 0. The minimum atomic E-state index is -0.765. The van der Waals surface area contributed by atoms with Crippen LogP contribution in [0.15, 0.2) is 18.5 Å². The number of nitrogens with zero attached hydrogens (tertiary/aromatic N) is 2. The van der Waals surface area contributed by atoms with Gasteiger partial charge in [-0.25, -0.2) is 4.79 Å². The lowest BCUT2D eigenvalue weighted by Crippen LogP contribution is -2.36. The Morgan fingerprint density at radius 1 is 1.47 bits per heavy atom. The molecule has 1 atom stereocenters. The molecule has 2 heterocycles. The molecule has 8 nitrogen and oxygen atoms in total. The molecule has 8 heteroatoms. The van der Waals surface area contributed by atoms with Crippen LogP contribution in [0.1, 0.15) is 12.8 Å². The minimum absolute atomic E-state index is 0.0423. The van der Waals surface area contributed by atoms with Gasteiger partial charge in [0.2, 0.25) is 5.91 Å². The SMILES string of the molecule is O=C(C[C@H]1NC(=O)NC1=O)NCCCn1cccn1. The van der Waals surface area contributed by atoms with E-state index in [-0.39, 0.29) is 12.3 Å². The second-order valence-corrected chi connectivity index (χ2v) is 4.19. The first kappa shape index (κ1) is 13.1. The lowest BCUT2D eigenvalue weighted by molar-refractivity contribution is -0.126. The van der Waals surface area contributed by atoms with Gasteiger partial charge in [-0.1, -0.05) is 0 Å². The quantitative estimate of drug-likeness (QED) is 0.452. The van der Waals surface area contributed by atoms with Gasteiger partial charge < -0.3 is 10.6 Å². The Balaban J connectivity index is 1.62. The summed E-state index contributed by atoms with van der Waals surface area (Å²) in [5.41, 5.74) is 0. The topological polar surface area (TPSA) is 105 Å². The maximum atomic E-state index is 11.5. The van der Waals surface area contributed by atoms with Crippen molar-refractivity contribution in [1.29, 1.82) is 0 Å². The Morgan fingerprint density at radius 3 is 2.95 bits per heavy atom. The number of hydrogen-bond donors (Lipinski definition) is 3. The van der Waals surface area contributed by atoms with Crippen molar-refractivity contribution in [3.8, 4) is 0 Å². The van der Waals surface area contributed by atoms with Gasteiger partial charge in [0.1, 0.15) is 6.04 Å². The smallest absolute Gasteiger partial charge is 0.322 e. The molecule has 1 aliphatic rings. The first-order valence-electron chi connectivity index (χ1n) is 6.00. The monoisotopic (exact) mass is 265 g/mol. The highest BCUT2D eigenvalue weighted by Gasteiger charge is 2.30. The first-order valence-corrected chi connectivity index (χ1v) is 6.00. The molecular weight excluding hydrogens is 250 g/mol. The second kappa shape index (κ2) is 5.98. The van der Waals surface area contributed by atoms with Crippen molar-refractivity contribution in [3.05, 3.63) is 18.5 Å². The van der Waals surface area contributed by atoms with Crippen LogP contribution in [0.25, 0.3) is 0 Å². The largest absolute Gasteiger partial charge is 0.356 e. The molecule has 0 radical (unpaired) electrons. The average molecular weight is 265 g/mol. The summed E-state index contributed by atoms with van der Waals surface area (Å²) in [5.74, 6) is -0.723. The van der Waals surface area contributed by atoms with E-state index in [1.54, 1.807) is 10.9 Å². The van der Waals surface area contributed by atoms with Gasteiger partial charge in [-0.05, 0) is 12.5 Å². The van der Waals surface area contributed by atoms with Crippen molar-refractivity contribution in [1.82, 2.24) is 25.7 Å². The average Bonchev–Trinajstić information content (AvgIpc) is 2.96. The fraction of sp³-hybridized carbons (Fsp3) is 0.455. The molecule has 1 aliphatic heterocycles. The third kappa shape index (κ3) is 3.80. The zero-order valence-electron chi connectivity index (χ0n) is 10.3. The van der Waals surface area contributed by atoms with Gasteiger partial charge in [0, 0.05) is 25.5 Å². The van der Waals surface area contributed by atoms with E-state index in [2.05, 4.69) is 21.0 Å². The first-order chi connectivity index (χ1) is 9.15. The number of carbonyl (C=O) groups is 3. The van der Waals surface area contributed by atoms with Crippen molar-refractivity contribution >= 4 is 17.8 Å². The molecule has 0 aliphatic carbocycles. The maximum Gasteiger partial charge on any atom is 0.322 e. The molecule has 1 fully saturated rings. The molecule has 1 aromatic heterocycles. The van der Waals surface area contributed by atoms with Crippen molar-refractivity contribution in [3.63, 3.8) is 0 Å². The molecule has 2 rings (SSSR count). The van der Waals surface area contributed by atoms with E-state index in [0.717, 1.165) is 6.42 Å². The molecule has 102 valence electrons. The summed E-state index contributed by atoms with van der Waals surface area (Å²) < 4.78 is 1.77. The maximum absolute atomic E-state index is 11.5. The highest BCUT2D eigenvalue weighted by molar-refractivity contribution is 6.05. The van der Waals surface area contributed by atoms with Crippen molar-refractivity contribution in [2.45, 2.75) is 25.4 Å². The molecule has 1 saturated heterocycles. The van der Waals surface area contributed by atoms with Crippen LogP contribution in [0.5, 0.6) is 0 Å². The number of aryl methyl sites for hydroxylation is 1. The molecule has 19 heavy (non-hydrogen) atoms. The van der Waals surface area contributed by atoms with Gasteiger partial charge in [-0.2, -0.15) is 5.10 Å². The summed E-state index contributed by atoms with van der Waals surface area (Å²) in [6.45, 7) is 1.22. The van der Waals surface area contributed by atoms with Gasteiger partial charge >= 0.3 is 6.03 Å². The Bertz CT molecular complexity index is 471. The van der Waals surface area contributed by atoms with Crippen LogP contribution >= 0.6 is 0 Å². The molecule has 3 N–H and O–H groups in total. The van der Waals surface area contributed by atoms with E-state index in [0.29, 0.717) is 13.1 Å². The molecule has 4 amide bonds. The molecule has 0 spiro atoms. The van der Waals surface area contributed by atoms with Crippen LogP contribution in [-0.4, -0.2) is 40.2 Å². The van der Waals surface area contributed by atoms with Crippen LogP contribution < -0.4 is 16.0 Å². The summed E-state index contributed by atoms with van der Waals surface area (Å²) in [4.78, 5) is 33.6. The number of hydrogen-bond acceptors (Lipinski definition) is 4. The zero-order chi connectivity index (χ0) is 13.7. The van der Waals surface area contributed by atoms with E-state index in [1.807, 2.05) is 12.3 Å². The minimum Gasteiger partial charge on any atom is -0.356 e. The van der Waals surface area contributed by atoms with Crippen LogP contribution in [0.4, 0.5) is 4.79 Å². The van der Waals surface area contributed by atoms with Crippen molar-refractivity contribution in [2.24, 2.45) is 0 Å². The van der Waals surface area contributed by atoms with Gasteiger partial charge in [-0.15, -0.1) is 0 Å². The predicted molar refractivity (Wildman–Crippen MR) is 64.9 cm³/mol. The van der Waals surface area contributed by atoms with Gasteiger partial charge in [0.05, 0.1) is 6.42 Å². The predicted octanol–water partition coefficient (Wildman–Crippen LogP) is -1.01. The molecular formula is C11H15N5O3. The summed E-state index contributed by atoms with van der Waals surface area (Å²) in [5, 5.41) is 11.2. The normalized spacial score (nSPS) is 18.0. The lowest BCUT2D eigenvalue weighted by atomic mass is 10.2. The zero-order valence-corrected chi connectivity index (χ0v) is 10.3. The number of nitrogens with one attached hydrogen (secondary N) is 3. The number of urea groups is 1. The Kier molecular flexibility index (Phi) is 4.11. The third-order valence-electron chi connectivity index (χ3n) is 2.69. The number of aromatic nitrogens is 2. The number of carbonyl (C=O) groups excluding carboxylic acids is 3. The Hall–Kier alpha value is -2.38. The number of imide groups is 1. The van der Waals surface area contributed by atoms with E-state index in [4.69, 9.17) is 0 Å². The summed E-state index contributed by atoms with van der Waals surface area (Å²) >= 11 is 0. The number of amides is 4. The van der Waals surface area contributed by atoms with E-state index < -0.39 is 18.0 Å². The van der Waals surface area contributed by atoms with Crippen molar-refractivity contribution in [2.75, 3.05) is 6.54 Å². The molecule has 0 aromatic carbocycles. The third-order valence-corrected chi connectivity index (χ3v) is 2.69. The highest BCUT2D eigenvalue weighted by Crippen LogP contribution is 1.98. The highest BCUT2D eigenvalue weighted by atomic mass is 16.2. The van der Waals surface area contributed by atoms with Crippen LogP contribution in [0, 0.1) is 0 Å². The van der Waals surface area contributed by atoms with Gasteiger partial charge in [-0.3, -0.25) is 19.6 Å². The van der Waals surface area contributed by atoms with Crippen LogP contribution in [0.2, 0.25) is 0 Å². The molecule has 0 unspecified atom stereocenters. The fourth-order valence-electron chi connectivity index (χ4n) is 1.76. The van der Waals surface area contributed by atoms with Gasteiger partial charge in [0.25, 0.3) is 5.91 Å². The lowest BCUT2D eigenvalue weighted by Gasteiger charge is -2.08. The van der Waals surface area contributed by atoms with E-state index in [9.17, 15) is 14.4 Å². The number of rotatable bonds is 6. The van der Waals surface area contributed by atoms with Gasteiger partial charge in [0.15, 0.2) is 0 Å². The van der Waals surface area contributed by atoms with Crippen LogP contribution in [0.3, 0.4) is 0 Å². The molecule has 0 saturated carbocycles. The fourth-order valence-corrected chi connectivity index (χ4v) is 1.76. The summed E-state index contributed by atoms with van der Waals surface area (Å²) in [6, 6.07) is 0.514. The Labute approximate surface area is 109 Å². The van der Waals surface area contributed by atoms with Crippen molar-refractivity contribution < 1.29 is 14.4 Å². The molecule has 0 bridgehead atoms. The van der Waals surface area contributed by atoms with Crippen LogP contribution in [-0.2, 0) is 16.1 Å². The molecule has 1 aromatic rings. The van der Waals surface area contributed by atoms with E-state index in [1.165, 1.54) is 0 Å². The Morgan fingerprint density at radius 2 is 2.32 bits per heavy atom. The standard InChI is InChI=1S/C11H15N5O3/c17-9(7-8-10(18)15-11(19)14-8)12-3-1-5-16-6-2-4-13-16/h2,4,6,8H,1,3,5,7H2,(H,12,17)(H2,14,15,18,19)/t8-/m1/s1. The summed E-state index contributed by atoms with van der Waals surface area (Å²) in [6.07, 6.45) is 4.25. The second-order valence-electron chi connectivity index (χ2n) is 4.19. The van der Waals surface area contributed by atoms with E-state index >= 15 is 0 Å².